The lowest BCUT2D eigenvalue weighted by Crippen LogP contribution is -2.08. The highest BCUT2D eigenvalue weighted by molar-refractivity contribution is 7.90. The van der Waals surface area contributed by atoms with Gasteiger partial charge >= 0.3 is 5.97 Å². The first-order valence-corrected chi connectivity index (χ1v) is 7.29. The van der Waals surface area contributed by atoms with E-state index in [4.69, 9.17) is 9.52 Å². The normalized spacial score (nSPS) is 11.6. The highest BCUT2D eigenvalue weighted by Crippen LogP contribution is 2.13. The van der Waals surface area contributed by atoms with Gasteiger partial charge in [0.2, 0.25) is 5.76 Å². The van der Waals surface area contributed by atoms with Crippen LogP contribution in [0.15, 0.2) is 16.5 Å². The first-order chi connectivity index (χ1) is 7.94. The van der Waals surface area contributed by atoms with Gasteiger partial charge in [-0.15, -0.1) is 0 Å². The van der Waals surface area contributed by atoms with Crippen LogP contribution in [0, 0.1) is 0 Å². The molecule has 0 saturated carbocycles. The molecule has 17 heavy (non-hydrogen) atoms. The summed E-state index contributed by atoms with van der Waals surface area (Å²) in [7, 11) is -3.21. The van der Waals surface area contributed by atoms with Crippen LogP contribution in [0.5, 0.6) is 0 Å². The minimum Gasteiger partial charge on any atom is -0.475 e. The second kappa shape index (κ2) is 5.86. The van der Waals surface area contributed by atoms with E-state index in [9.17, 15) is 13.2 Å². The van der Waals surface area contributed by atoms with E-state index in [1.54, 1.807) is 0 Å². The molecule has 0 aliphatic heterocycles. The molecule has 0 bridgehead atoms. The van der Waals surface area contributed by atoms with E-state index in [0.29, 0.717) is 6.42 Å². The minimum atomic E-state index is -3.21. The van der Waals surface area contributed by atoms with Gasteiger partial charge in [-0.1, -0.05) is 19.8 Å². The second-order valence-corrected chi connectivity index (χ2v) is 6.05. The summed E-state index contributed by atoms with van der Waals surface area (Å²) in [4.78, 5) is 10.5. The number of hydrogen-bond donors (Lipinski definition) is 1. The maximum absolute atomic E-state index is 11.6. The molecule has 0 spiro atoms. The maximum Gasteiger partial charge on any atom is 0.371 e. The van der Waals surface area contributed by atoms with Crippen molar-refractivity contribution in [2.24, 2.45) is 0 Å². The number of carbonyl (C=O) groups is 1. The Labute approximate surface area is 100 Å². The Balaban J connectivity index is 2.60. The molecule has 0 fully saturated rings. The third kappa shape index (κ3) is 4.60. The Morgan fingerprint density at radius 3 is 2.59 bits per heavy atom. The van der Waals surface area contributed by atoms with Gasteiger partial charge in [-0.3, -0.25) is 0 Å². The van der Waals surface area contributed by atoms with E-state index in [2.05, 4.69) is 0 Å². The molecule has 5 nitrogen and oxygen atoms in total. The molecule has 96 valence electrons. The quantitative estimate of drug-likeness (QED) is 0.759. The highest BCUT2D eigenvalue weighted by atomic mass is 32.2. The zero-order valence-electron chi connectivity index (χ0n) is 9.68. The van der Waals surface area contributed by atoms with Crippen molar-refractivity contribution in [1.29, 1.82) is 0 Å². The average molecular weight is 260 g/mol. The standard InChI is InChI=1S/C11H16O5S/c1-2-3-4-7-17(14,15)8-9-5-6-10(16-9)11(12)13/h5-6H,2-4,7-8H2,1H3,(H,12,13). The zero-order chi connectivity index (χ0) is 12.9. The third-order valence-corrected chi connectivity index (χ3v) is 3.93. The van der Waals surface area contributed by atoms with Crippen molar-refractivity contribution in [3.63, 3.8) is 0 Å². The van der Waals surface area contributed by atoms with E-state index >= 15 is 0 Å². The number of sulfone groups is 1. The maximum atomic E-state index is 11.6. The van der Waals surface area contributed by atoms with Gasteiger partial charge in [0.1, 0.15) is 11.5 Å². The summed E-state index contributed by atoms with van der Waals surface area (Å²) in [6, 6.07) is 2.65. The van der Waals surface area contributed by atoms with Gasteiger partial charge in [0.05, 0.1) is 5.75 Å². The number of hydrogen-bond acceptors (Lipinski definition) is 4. The van der Waals surface area contributed by atoms with Crippen LogP contribution in [0.4, 0.5) is 0 Å². The van der Waals surface area contributed by atoms with Gasteiger partial charge in [-0.2, -0.15) is 0 Å². The number of carboxylic acids is 1. The minimum absolute atomic E-state index is 0.115. The molecule has 1 aromatic rings. The Bertz CT molecular complexity index is 472. The van der Waals surface area contributed by atoms with Crippen LogP contribution < -0.4 is 0 Å². The molecule has 0 atom stereocenters. The number of unbranched alkanes of at least 4 members (excludes halogenated alkanes) is 2. The van der Waals surface area contributed by atoms with Crippen molar-refractivity contribution < 1.29 is 22.7 Å². The van der Waals surface area contributed by atoms with Gasteiger partial charge in [0.15, 0.2) is 9.84 Å². The van der Waals surface area contributed by atoms with Crippen molar-refractivity contribution in [1.82, 2.24) is 0 Å². The highest BCUT2D eigenvalue weighted by Gasteiger charge is 2.16. The monoisotopic (exact) mass is 260 g/mol. The van der Waals surface area contributed by atoms with E-state index in [-0.39, 0.29) is 23.0 Å². The summed E-state index contributed by atoms with van der Waals surface area (Å²) in [5.74, 6) is -1.37. The summed E-state index contributed by atoms with van der Waals surface area (Å²) in [5, 5.41) is 8.63. The van der Waals surface area contributed by atoms with Crippen LogP contribution in [-0.2, 0) is 15.6 Å². The van der Waals surface area contributed by atoms with Gasteiger partial charge in [-0.05, 0) is 18.6 Å². The van der Waals surface area contributed by atoms with Crippen molar-refractivity contribution in [3.05, 3.63) is 23.7 Å². The molecule has 1 aromatic heterocycles. The molecule has 0 amide bonds. The molecular formula is C11H16O5S. The summed E-state index contributed by atoms with van der Waals surface area (Å²) in [6.45, 7) is 2.00. The Kier molecular flexibility index (Phi) is 4.74. The number of carboxylic acid groups (broad SMARTS) is 1. The lowest BCUT2D eigenvalue weighted by atomic mass is 10.3. The van der Waals surface area contributed by atoms with Crippen LogP contribution in [0.1, 0.15) is 42.5 Å². The molecule has 1 N–H and O–H groups in total. The summed E-state index contributed by atoms with van der Waals surface area (Å²) in [6.07, 6.45) is 2.46. The first kappa shape index (κ1) is 13.8. The van der Waals surface area contributed by atoms with Crippen molar-refractivity contribution in [2.45, 2.75) is 31.9 Å². The lowest BCUT2D eigenvalue weighted by molar-refractivity contribution is 0.0660. The Morgan fingerprint density at radius 1 is 1.35 bits per heavy atom. The molecule has 0 radical (unpaired) electrons. The van der Waals surface area contributed by atoms with Crippen molar-refractivity contribution in [3.8, 4) is 0 Å². The van der Waals surface area contributed by atoms with Crippen LogP contribution >= 0.6 is 0 Å². The predicted octanol–water partition coefficient (Wildman–Crippen LogP) is 2.08. The molecule has 0 aliphatic carbocycles. The number of furan rings is 1. The van der Waals surface area contributed by atoms with Crippen LogP contribution in [0.25, 0.3) is 0 Å². The van der Waals surface area contributed by atoms with E-state index < -0.39 is 15.8 Å². The number of rotatable bonds is 7. The summed E-state index contributed by atoms with van der Waals surface area (Å²) in [5.41, 5.74) is 0. The summed E-state index contributed by atoms with van der Waals surface area (Å²) >= 11 is 0. The molecule has 6 heteroatoms. The van der Waals surface area contributed by atoms with Gasteiger partial charge in [0.25, 0.3) is 0 Å². The van der Waals surface area contributed by atoms with Crippen molar-refractivity contribution in [2.75, 3.05) is 5.75 Å². The molecule has 0 saturated heterocycles. The van der Waals surface area contributed by atoms with Crippen LogP contribution in [0.3, 0.4) is 0 Å². The summed E-state index contributed by atoms with van der Waals surface area (Å²) < 4.78 is 28.2. The largest absolute Gasteiger partial charge is 0.475 e. The van der Waals surface area contributed by atoms with Gasteiger partial charge in [0, 0.05) is 0 Å². The molecular weight excluding hydrogens is 244 g/mol. The molecule has 0 aliphatic rings. The lowest BCUT2D eigenvalue weighted by Gasteiger charge is -2.01. The van der Waals surface area contributed by atoms with E-state index in [1.165, 1.54) is 12.1 Å². The zero-order valence-corrected chi connectivity index (χ0v) is 10.5. The molecule has 0 aromatic carbocycles. The van der Waals surface area contributed by atoms with Gasteiger partial charge < -0.3 is 9.52 Å². The molecule has 1 heterocycles. The first-order valence-electron chi connectivity index (χ1n) is 5.47. The van der Waals surface area contributed by atoms with Crippen molar-refractivity contribution >= 4 is 15.8 Å². The fraction of sp³-hybridized carbons (Fsp3) is 0.545. The average Bonchev–Trinajstić information content (AvgIpc) is 2.65. The second-order valence-electron chi connectivity index (χ2n) is 3.87. The molecule has 1 rings (SSSR count). The Morgan fingerprint density at radius 2 is 2.06 bits per heavy atom. The third-order valence-electron chi connectivity index (χ3n) is 2.29. The topological polar surface area (TPSA) is 84.6 Å². The Hall–Kier alpha value is -1.30. The molecule has 0 unspecified atom stereocenters. The SMILES string of the molecule is CCCCCS(=O)(=O)Cc1ccc(C(=O)O)o1. The fourth-order valence-electron chi connectivity index (χ4n) is 1.43. The van der Waals surface area contributed by atoms with E-state index in [0.717, 1.165) is 12.8 Å². The van der Waals surface area contributed by atoms with Gasteiger partial charge in [-0.25, -0.2) is 13.2 Å². The smallest absolute Gasteiger partial charge is 0.371 e. The van der Waals surface area contributed by atoms with Crippen LogP contribution in [0.2, 0.25) is 0 Å². The fourth-order valence-corrected chi connectivity index (χ4v) is 2.81. The van der Waals surface area contributed by atoms with Crippen LogP contribution in [-0.4, -0.2) is 25.2 Å². The number of aromatic carboxylic acids is 1. The van der Waals surface area contributed by atoms with E-state index in [1.807, 2.05) is 6.92 Å². The predicted molar refractivity (Wildman–Crippen MR) is 62.7 cm³/mol.